The first-order chi connectivity index (χ1) is 7.02. The maximum atomic E-state index is 10.9. The number of benzene rings is 1. The van der Waals surface area contributed by atoms with E-state index in [1.807, 2.05) is 0 Å². The number of hydrogen-bond donors (Lipinski definition) is 2. The van der Waals surface area contributed by atoms with Crippen LogP contribution in [0.2, 0.25) is 0 Å². The number of carboxylic acid groups (broad SMARTS) is 1. The molecule has 4 nitrogen and oxygen atoms in total. The Labute approximate surface area is 105 Å². The van der Waals surface area contributed by atoms with Crippen LogP contribution in [0.5, 0.6) is 0 Å². The van der Waals surface area contributed by atoms with Crippen LogP contribution in [0.1, 0.15) is 17.3 Å². The summed E-state index contributed by atoms with van der Waals surface area (Å²) in [6, 6.07) is 5.01. The van der Waals surface area contributed by atoms with Crippen molar-refractivity contribution in [2.45, 2.75) is 11.8 Å². The van der Waals surface area contributed by atoms with E-state index in [1.54, 1.807) is 18.2 Å². The number of carbonyl (C=O) groups is 2. The summed E-state index contributed by atoms with van der Waals surface area (Å²) in [4.78, 5) is 22.0. The summed E-state index contributed by atoms with van der Waals surface area (Å²) >= 11 is 1.97. The average molecular weight is 413 g/mol. The van der Waals surface area contributed by atoms with Gasteiger partial charge in [0, 0.05) is 0 Å². The molecule has 1 rings (SSSR count). The van der Waals surface area contributed by atoms with Gasteiger partial charge >= 0.3 is 106 Å². The monoisotopic (exact) mass is 414 g/mol. The molecule has 0 heterocycles. The molecule has 1 aromatic rings. The van der Waals surface area contributed by atoms with Gasteiger partial charge in [-0.15, -0.1) is 0 Å². The van der Waals surface area contributed by atoms with E-state index >= 15 is 0 Å². The quantitative estimate of drug-likeness (QED) is 0.571. The van der Waals surface area contributed by atoms with Crippen LogP contribution in [0.4, 0.5) is 0 Å². The van der Waals surface area contributed by atoms with E-state index in [-0.39, 0.29) is 11.5 Å². The van der Waals surface area contributed by atoms with E-state index in [0.29, 0.717) is 7.97 Å². The fraction of sp³-hybridized carbons (Fsp3) is 0.111. The van der Waals surface area contributed by atoms with E-state index in [9.17, 15) is 9.59 Å². The summed E-state index contributed by atoms with van der Waals surface area (Å²) in [6.45, 7) is 1.32. The van der Waals surface area contributed by atoms with Crippen LogP contribution in [0.25, 0.3) is 0 Å². The molecule has 0 bridgehead atoms. The van der Waals surface area contributed by atoms with Gasteiger partial charge in [0.25, 0.3) is 0 Å². The molecule has 0 unspecified atom stereocenters. The molecule has 0 spiro atoms. The first-order valence-corrected chi connectivity index (χ1v) is 9.64. The van der Waals surface area contributed by atoms with E-state index in [4.69, 9.17) is 7.75 Å². The molecule has 0 aliphatic carbocycles. The SMILES string of the molecule is CC(=O)[O][Hg][c]1cccc(S)c1C(=O)O. The molecule has 6 heteroatoms. The standard InChI is InChI=1S/C7H5O2S.C2H4O2.Hg/c8-7(9)5-3-1-2-4-6(5)10;1-2(3)4;/h1-2,4,10H,(H,8,9);1H3,(H,3,4);/q;;+1/p-1. The van der Waals surface area contributed by atoms with Crippen LogP contribution in [0, 0.1) is 0 Å². The first-order valence-electron chi connectivity index (χ1n) is 4.20. The third-order valence-electron chi connectivity index (χ3n) is 1.77. The molecule has 0 saturated heterocycles. The van der Waals surface area contributed by atoms with Crippen LogP contribution in [-0.2, 0) is 32.5 Å². The second-order valence-electron chi connectivity index (χ2n) is 2.90. The number of thiol groups is 1. The van der Waals surface area contributed by atoms with Crippen LogP contribution < -0.4 is 3.07 Å². The van der Waals surface area contributed by atoms with Crippen LogP contribution in [0.15, 0.2) is 23.1 Å². The number of aromatic carboxylic acids is 1. The zero-order valence-corrected chi connectivity index (χ0v) is 14.5. The van der Waals surface area contributed by atoms with Crippen molar-refractivity contribution in [3.8, 4) is 0 Å². The molecule has 0 saturated carbocycles. The minimum absolute atomic E-state index is 0.170. The van der Waals surface area contributed by atoms with E-state index in [1.165, 1.54) is 6.92 Å². The number of carbonyl (C=O) groups excluding carboxylic acids is 1. The van der Waals surface area contributed by atoms with Gasteiger partial charge in [-0.05, 0) is 0 Å². The van der Waals surface area contributed by atoms with Crippen molar-refractivity contribution < 1.29 is 42.4 Å². The van der Waals surface area contributed by atoms with Crippen LogP contribution in [0.3, 0.4) is 0 Å². The van der Waals surface area contributed by atoms with Crippen molar-refractivity contribution >= 4 is 27.6 Å². The van der Waals surface area contributed by atoms with E-state index in [2.05, 4.69) is 12.6 Å². The van der Waals surface area contributed by atoms with Crippen molar-refractivity contribution in [2.24, 2.45) is 0 Å². The van der Waals surface area contributed by atoms with Gasteiger partial charge in [0.05, 0.1) is 0 Å². The summed E-state index contributed by atoms with van der Waals surface area (Å²) in [5.74, 6) is -1.37. The van der Waals surface area contributed by atoms with Gasteiger partial charge in [0.1, 0.15) is 0 Å². The van der Waals surface area contributed by atoms with Gasteiger partial charge < -0.3 is 0 Å². The first kappa shape index (κ1) is 12.5. The topological polar surface area (TPSA) is 63.6 Å². The number of carboxylic acids is 1. The van der Waals surface area contributed by atoms with Crippen molar-refractivity contribution in [1.82, 2.24) is 0 Å². The molecular formula is C9H8HgO4S. The van der Waals surface area contributed by atoms with Gasteiger partial charge in [-0.25, -0.2) is 0 Å². The average Bonchev–Trinajstić information content (AvgIpc) is 2.13. The van der Waals surface area contributed by atoms with E-state index < -0.39 is 31.0 Å². The molecule has 0 atom stereocenters. The van der Waals surface area contributed by atoms with Crippen molar-refractivity contribution in [3.05, 3.63) is 23.8 Å². The fourth-order valence-electron chi connectivity index (χ4n) is 1.13. The molecule has 0 radical (unpaired) electrons. The van der Waals surface area contributed by atoms with Gasteiger partial charge in [0.2, 0.25) is 0 Å². The Balaban J connectivity index is 3.01. The second-order valence-corrected chi connectivity index (χ2v) is 8.58. The summed E-state index contributed by atoms with van der Waals surface area (Å²) in [5, 5.41) is 8.96. The molecule has 0 fully saturated rings. The Hall–Kier alpha value is -0.555. The predicted molar refractivity (Wildman–Crippen MR) is 52.1 cm³/mol. The molecule has 0 aliphatic heterocycles. The molecule has 76 valence electrons. The van der Waals surface area contributed by atoms with Crippen molar-refractivity contribution in [1.29, 1.82) is 0 Å². The molecule has 0 aromatic heterocycles. The minimum atomic E-state index is -2.10. The third kappa shape index (κ3) is 3.50. The van der Waals surface area contributed by atoms with Crippen LogP contribution >= 0.6 is 12.6 Å². The molecule has 15 heavy (non-hydrogen) atoms. The van der Waals surface area contributed by atoms with Gasteiger partial charge in [0.15, 0.2) is 0 Å². The van der Waals surface area contributed by atoms with Gasteiger partial charge in [-0.1, -0.05) is 0 Å². The molecule has 1 aromatic carbocycles. The molecule has 0 amide bonds. The maximum absolute atomic E-state index is 10.9. The van der Waals surface area contributed by atoms with Gasteiger partial charge in [-0.3, -0.25) is 0 Å². The Morgan fingerprint density at radius 1 is 1.47 bits per heavy atom. The van der Waals surface area contributed by atoms with Crippen LogP contribution in [-0.4, -0.2) is 17.0 Å². The zero-order chi connectivity index (χ0) is 11.4. The fourth-order valence-corrected chi connectivity index (χ4v) is 6.22. The Morgan fingerprint density at radius 3 is 2.67 bits per heavy atom. The molecule has 0 aliphatic rings. The molecular weight excluding hydrogens is 405 g/mol. The number of rotatable bonds is 3. The third-order valence-corrected chi connectivity index (χ3v) is 7.79. The Kier molecular flexibility index (Phi) is 4.59. The van der Waals surface area contributed by atoms with Crippen molar-refractivity contribution in [2.75, 3.05) is 0 Å². The Bertz CT molecular complexity index is 405. The zero-order valence-electron chi connectivity index (χ0n) is 8.06. The normalized spacial score (nSPS) is 9.20. The number of hydrogen-bond acceptors (Lipinski definition) is 4. The predicted octanol–water partition coefficient (Wildman–Crippen LogP) is 0.859. The summed E-state index contributed by atoms with van der Waals surface area (Å²) in [5.41, 5.74) is 0.170. The molecule has 1 N–H and O–H groups in total. The van der Waals surface area contributed by atoms with E-state index in [0.717, 1.165) is 0 Å². The summed E-state index contributed by atoms with van der Waals surface area (Å²) < 4.78 is 5.62. The second kappa shape index (κ2) is 5.51. The summed E-state index contributed by atoms with van der Waals surface area (Å²) in [6.07, 6.45) is 0. The van der Waals surface area contributed by atoms with Crippen molar-refractivity contribution in [3.63, 3.8) is 0 Å². The van der Waals surface area contributed by atoms with Gasteiger partial charge in [-0.2, -0.15) is 0 Å². The Morgan fingerprint density at radius 2 is 2.13 bits per heavy atom. The summed E-state index contributed by atoms with van der Waals surface area (Å²) in [7, 11) is 0.